The van der Waals surface area contributed by atoms with Crippen LogP contribution in [0.2, 0.25) is 5.02 Å². The molecule has 4 nitrogen and oxygen atoms in total. The Labute approximate surface area is 128 Å². The first-order chi connectivity index (χ1) is 10.1. The third kappa shape index (κ3) is 2.32. The van der Waals surface area contributed by atoms with E-state index in [0.717, 1.165) is 27.8 Å². The lowest BCUT2D eigenvalue weighted by Crippen LogP contribution is -2.06. The van der Waals surface area contributed by atoms with Crippen molar-refractivity contribution >= 4 is 28.2 Å². The number of rotatable bonds is 3. The van der Waals surface area contributed by atoms with Gasteiger partial charge in [0.25, 0.3) is 0 Å². The van der Waals surface area contributed by atoms with Gasteiger partial charge in [-0.2, -0.15) is 5.10 Å². The predicted molar refractivity (Wildman–Crippen MR) is 86.0 cm³/mol. The third-order valence-corrected chi connectivity index (χ3v) is 4.07. The maximum absolute atomic E-state index is 6.10. The van der Waals surface area contributed by atoms with Crippen molar-refractivity contribution in [3.8, 4) is 5.75 Å². The van der Waals surface area contributed by atoms with E-state index >= 15 is 0 Å². The van der Waals surface area contributed by atoms with Gasteiger partial charge >= 0.3 is 0 Å². The molecule has 2 aromatic carbocycles. The highest BCUT2D eigenvalue weighted by molar-refractivity contribution is 6.33. The molecule has 0 radical (unpaired) electrons. The summed E-state index contributed by atoms with van der Waals surface area (Å²) < 4.78 is 7.14. The van der Waals surface area contributed by atoms with Gasteiger partial charge in [0.05, 0.1) is 19.3 Å². The average molecular weight is 302 g/mol. The number of nitrogen functional groups attached to an aromatic ring is 1. The summed E-state index contributed by atoms with van der Waals surface area (Å²) in [5, 5.41) is 7.10. The zero-order valence-corrected chi connectivity index (χ0v) is 12.7. The number of fused-ring (bicyclic) bond motifs is 1. The minimum Gasteiger partial charge on any atom is -0.496 e. The Kier molecular flexibility index (Phi) is 3.47. The largest absolute Gasteiger partial charge is 0.496 e. The molecule has 0 atom stereocenters. The fraction of sp³-hybridized carbons (Fsp3) is 0.188. The summed E-state index contributed by atoms with van der Waals surface area (Å²) in [6.07, 6.45) is 0. The molecule has 1 aromatic heterocycles. The fourth-order valence-electron chi connectivity index (χ4n) is 2.51. The number of benzene rings is 2. The van der Waals surface area contributed by atoms with Crippen LogP contribution in [0.25, 0.3) is 10.8 Å². The van der Waals surface area contributed by atoms with Crippen LogP contribution in [0, 0.1) is 6.92 Å². The van der Waals surface area contributed by atoms with Crippen molar-refractivity contribution < 1.29 is 4.74 Å². The number of methoxy groups -OCH3 is 1. The Bertz CT molecular complexity index is 811. The molecule has 108 valence electrons. The lowest BCUT2D eigenvalue weighted by molar-refractivity contribution is 0.419. The minimum absolute atomic E-state index is 0.495. The summed E-state index contributed by atoms with van der Waals surface area (Å²) in [5.41, 5.74) is 7.86. The van der Waals surface area contributed by atoms with Crippen LogP contribution in [0.4, 0.5) is 5.82 Å². The van der Waals surface area contributed by atoms with Crippen molar-refractivity contribution in [3.05, 3.63) is 52.7 Å². The number of halogens is 1. The molecule has 0 fully saturated rings. The van der Waals surface area contributed by atoms with Gasteiger partial charge < -0.3 is 10.5 Å². The van der Waals surface area contributed by atoms with Crippen LogP contribution >= 0.6 is 11.6 Å². The first-order valence-electron chi connectivity index (χ1n) is 6.65. The maximum atomic E-state index is 6.10. The normalized spacial score (nSPS) is 11.0. The Morgan fingerprint density at radius 3 is 2.52 bits per heavy atom. The van der Waals surface area contributed by atoms with E-state index in [-0.39, 0.29) is 0 Å². The highest BCUT2D eigenvalue weighted by atomic mass is 35.5. The molecule has 3 aromatic rings. The van der Waals surface area contributed by atoms with Gasteiger partial charge in [0.1, 0.15) is 16.6 Å². The molecule has 0 saturated carbocycles. The SMILES string of the molecule is COc1ccc(Cn2nc(C)c(Cl)c2N)c2ccccc12. The molecule has 0 amide bonds. The van der Waals surface area contributed by atoms with Crippen molar-refractivity contribution in [2.75, 3.05) is 12.8 Å². The smallest absolute Gasteiger partial charge is 0.141 e. The minimum atomic E-state index is 0.495. The van der Waals surface area contributed by atoms with E-state index in [9.17, 15) is 0 Å². The molecule has 2 N–H and O–H groups in total. The third-order valence-electron chi connectivity index (χ3n) is 3.61. The Morgan fingerprint density at radius 1 is 1.19 bits per heavy atom. The van der Waals surface area contributed by atoms with Crippen molar-refractivity contribution in [1.82, 2.24) is 9.78 Å². The number of aromatic nitrogens is 2. The Morgan fingerprint density at radius 2 is 1.90 bits per heavy atom. The van der Waals surface area contributed by atoms with Gasteiger partial charge in [-0.3, -0.25) is 0 Å². The zero-order valence-electron chi connectivity index (χ0n) is 11.9. The van der Waals surface area contributed by atoms with Gasteiger partial charge in [0.2, 0.25) is 0 Å². The average Bonchev–Trinajstić information content (AvgIpc) is 2.75. The molecule has 0 bridgehead atoms. The number of hydrogen-bond donors (Lipinski definition) is 1. The number of nitrogens with zero attached hydrogens (tertiary/aromatic N) is 2. The van der Waals surface area contributed by atoms with E-state index in [1.165, 1.54) is 0 Å². The number of anilines is 1. The number of hydrogen-bond acceptors (Lipinski definition) is 3. The van der Waals surface area contributed by atoms with Gasteiger partial charge in [-0.1, -0.05) is 41.9 Å². The van der Waals surface area contributed by atoms with Gasteiger partial charge in [-0.25, -0.2) is 4.68 Å². The molecule has 0 aliphatic rings. The summed E-state index contributed by atoms with van der Waals surface area (Å²) in [6.45, 7) is 2.42. The van der Waals surface area contributed by atoms with E-state index < -0.39 is 0 Å². The molecule has 0 aliphatic heterocycles. The number of ether oxygens (including phenoxy) is 1. The molecule has 0 saturated heterocycles. The summed E-state index contributed by atoms with van der Waals surface area (Å²) >= 11 is 6.10. The van der Waals surface area contributed by atoms with Crippen LogP contribution in [0.15, 0.2) is 36.4 Å². The van der Waals surface area contributed by atoms with Crippen LogP contribution in [0.1, 0.15) is 11.3 Å². The standard InChI is InChI=1S/C16H16ClN3O/c1-10-15(17)16(18)20(19-10)9-11-7-8-14(21-2)13-6-4-3-5-12(11)13/h3-8H,9,18H2,1-2H3. The lowest BCUT2D eigenvalue weighted by Gasteiger charge is -2.11. The van der Waals surface area contributed by atoms with Crippen LogP contribution in [-0.2, 0) is 6.54 Å². The Hall–Kier alpha value is -2.20. The first kappa shape index (κ1) is 13.8. The zero-order chi connectivity index (χ0) is 15.0. The van der Waals surface area contributed by atoms with E-state index in [2.05, 4.69) is 11.2 Å². The summed E-state index contributed by atoms with van der Waals surface area (Å²) in [5.74, 6) is 1.35. The molecule has 3 rings (SSSR count). The van der Waals surface area contributed by atoms with Crippen LogP contribution in [-0.4, -0.2) is 16.9 Å². The summed E-state index contributed by atoms with van der Waals surface area (Å²) in [6, 6.07) is 12.1. The molecular weight excluding hydrogens is 286 g/mol. The molecule has 0 spiro atoms. The van der Waals surface area contributed by atoms with Crippen LogP contribution < -0.4 is 10.5 Å². The van der Waals surface area contributed by atoms with Crippen LogP contribution in [0.3, 0.4) is 0 Å². The van der Waals surface area contributed by atoms with E-state index in [4.69, 9.17) is 22.1 Å². The van der Waals surface area contributed by atoms with Gasteiger partial charge in [0.15, 0.2) is 0 Å². The Balaban J connectivity index is 2.11. The van der Waals surface area contributed by atoms with Crippen molar-refractivity contribution in [1.29, 1.82) is 0 Å². The molecule has 5 heteroatoms. The maximum Gasteiger partial charge on any atom is 0.141 e. The molecule has 1 heterocycles. The van der Waals surface area contributed by atoms with E-state index in [0.29, 0.717) is 17.4 Å². The highest BCUT2D eigenvalue weighted by Crippen LogP contribution is 2.30. The van der Waals surface area contributed by atoms with Crippen LogP contribution in [0.5, 0.6) is 5.75 Å². The monoisotopic (exact) mass is 301 g/mol. The van der Waals surface area contributed by atoms with Gasteiger partial charge in [0, 0.05) is 5.39 Å². The van der Waals surface area contributed by atoms with Crippen molar-refractivity contribution in [3.63, 3.8) is 0 Å². The van der Waals surface area contributed by atoms with E-state index in [1.54, 1.807) is 11.8 Å². The number of nitrogens with two attached hydrogens (primary N) is 1. The van der Waals surface area contributed by atoms with Crippen molar-refractivity contribution in [2.45, 2.75) is 13.5 Å². The lowest BCUT2D eigenvalue weighted by atomic mass is 10.0. The quantitative estimate of drug-likeness (QED) is 0.803. The number of aryl methyl sites for hydroxylation is 1. The topological polar surface area (TPSA) is 53.1 Å². The summed E-state index contributed by atoms with van der Waals surface area (Å²) in [4.78, 5) is 0. The van der Waals surface area contributed by atoms with Gasteiger partial charge in [-0.05, 0) is 23.9 Å². The molecule has 0 aliphatic carbocycles. The fourth-order valence-corrected chi connectivity index (χ4v) is 2.64. The van der Waals surface area contributed by atoms with E-state index in [1.807, 2.05) is 37.3 Å². The first-order valence-corrected chi connectivity index (χ1v) is 7.02. The second-order valence-corrected chi connectivity index (χ2v) is 5.29. The highest BCUT2D eigenvalue weighted by Gasteiger charge is 2.12. The second kappa shape index (κ2) is 5.30. The summed E-state index contributed by atoms with van der Waals surface area (Å²) in [7, 11) is 1.68. The second-order valence-electron chi connectivity index (χ2n) is 4.91. The van der Waals surface area contributed by atoms with Crippen molar-refractivity contribution in [2.24, 2.45) is 0 Å². The molecule has 0 unspecified atom stereocenters. The predicted octanol–water partition coefficient (Wildman–Crippen LogP) is 3.64. The molecule has 21 heavy (non-hydrogen) atoms. The van der Waals surface area contributed by atoms with Gasteiger partial charge in [-0.15, -0.1) is 0 Å². The molecular formula is C16H16ClN3O.